The van der Waals surface area contributed by atoms with Crippen LogP contribution in [0.25, 0.3) is 0 Å². The van der Waals surface area contributed by atoms with Crippen molar-refractivity contribution >= 4 is 5.91 Å². The van der Waals surface area contributed by atoms with Crippen molar-refractivity contribution in [3.8, 4) is 0 Å². The zero-order valence-corrected chi connectivity index (χ0v) is 12.8. The molecule has 2 fully saturated rings. The largest absolute Gasteiger partial charge is 0.377 e. The highest BCUT2D eigenvalue weighted by molar-refractivity contribution is 5.81. The van der Waals surface area contributed by atoms with Gasteiger partial charge in [-0.1, -0.05) is 30.3 Å². The minimum absolute atomic E-state index is 0.0302. The molecule has 1 amide bonds. The van der Waals surface area contributed by atoms with Crippen LogP contribution in [0.2, 0.25) is 0 Å². The van der Waals surface area contributed by atoms with Gasteiger partial charge in [0.15, 0.2) is 0 Å². The summed E-state index contributed by atoms with van der Waals surface area (Å²) in [5, 5.41) is 0. The number of morpholine rings is 1. The lowest BCUT2D eigenvalue weighted by atomic mass is 10.0. The topological polar surface area (TPSA) is 64.8 Å². The first kappa shape index (κ1) is 15.5. The first-order valence-electron chi connectivity index (χ1n) is 8.05. The van der Waals surface area contributed by atoms with Gasteiger partial charge in [0.05, 0.1) is 25.4 Å². The van der Waals surface area contributed by atoms with Crippen LogP contribution in [-0.4, -0.2) is 55.4 Å². The highest BCUT2D eigenvalue weighted by Crippen LogP contribution is 2.23. The summed E-state index contributed by atoms with van der Waals surface area (Å²) >= 11 is 0. The quantitative estimate of drug-likeness (QED) is 0.900. The summed E-state index contributed by atoms with van der Waals surface area (Å²) in [4.78, 5) is 14.7. The van der Waals surface area contributed by atoms with Gasteiger partial charge in [-0.05, 0) is 24.8 Å². The Hall–Kier alpha value is -1.43. The Bertz CT molecular complexity index is 494. The molecule has 0 aliphatic carbocycles. The smallest absolute Gasteiger partial charge is 0.252 e. The van der Waals surface area contributed by atoms with E-state index in [4.69, 9.17) is 15.2 Å². The van der Waals surface area contributed by atoms with E-state index in [1.165, 1.54) is 5.56 Å². The predicted octanol–water partition coefficient (Wildman–Crippen LogP) is 0.963. The Kier molecular flexibility index (Phi) is 5.08. The van der Waals surface area contributed by atoms with E-state index in [1.54, 1.807) is 0 Å². The van der Waals surface area contributed by atoms with Gasteiger partial charge in [-0.3, -0.25) is 4.79 Å². The van der Waals surface area contributed by atoms with Crippen molar-refractivity contribution in [1.29, 1.82) is 0 Å². The lowest BCUT2D eigenvalue weighted by Crippen LogP contribution is -2.53. The minimum Gasteiger partial charge on any atom is -0.377 e. The lowest BCUT2D eigenvalue weighted by molar-refractivity contribution is -0.151. The normalized spacial score (nSPS) is 28.8. The number of hydrogen-bond acceptors (Lipinski definition) is 4. The van der Waals surface area contributed by atoms with E-state index in [9.17, 15) is 4.79 Å². The highest BCUT2D eigenvalue weighted by atomic mass is 16.5. The second kappa shape index (κ2) is 7.22. The van der Waals surface area contributed by atoms with E-state index in [0.29, 0.717) is 26.3 Å². The Balaban J connectivity index is 1.66. The van der Waals surface area contributed by atoms with Crippen molar-refractivity contribution in [3.05, 3.63) is 35.9 Å². The second-order valence-corrected chi connectivity index (χ2v) is 6.01. The number of amides is 1. The molecule has 2 aliphatic rings. The fourth-order valence-electron chi connectivity index (χ4n) is 3.25. The van der Waals surface area contributed by atoms with Crippen molar-refractivity contribution in [2.24, 2.45) is 5.73 Å². The first-order valence-corrected chi connectivity index (χ1v) is 8.05. The molecule has 0 bridgehead atoms. The van der Waals surface area contributed by atoms with Crippen molar-refractivity contribution in [2.45, 2.75) is 37.5 Å². The molecular weight excluding hydrogens is 280 g/mol. The molecule has 120 valence electrons. The summed E-state index contributed by atoms with van der Waals surface area (Å²) < 4.78 is 11.4. The fraction of sp³-hybridized carbons (Fsp3) is 0.588. The standard InChI is InChI=1S/C17H24N2O3/c18-11-15-6-7-16(22-15)17(20)19-8-9-21-12-14(19)10-13-4-2-1-3-5-13/h1-5,14-16H,6-12,18H2/t14?,15-,16+/m1/s1. The van der Waals surface area contributed by atoms with Gasteiger partial charge >= 0.3 is 0 Å². The van der Waals surface area contributed by atoms with E-state index in [1.807, 2.05) is 23.1 Å². The van der Waals surface area contributed by atoms with Crippen LogP contribution in [0.3, 0.4) is 0 Å². The molecule has 2 N–H and O–H groups in total. The van der Waals surface area contributed by atoms with Gasteiger partial charge in [0.25, 0.3) is 5.91 Å². The van der Waals surface area contributed by atoms with Crippen LogP contribution in [0.4, 0.5) is 0 Å². The molecule has 0 radical (unpaired) electrons. The Morgan fingerprint density at radius 1 is 1.27 bits per heavy atom. The second-order valence-electron chi connectivity index (χ2n) is 6.01. The van der Waals surface area contributed by atoms with Crippen LogP contribution in [0, 0.1) is 0 Å². The number of benzene rings is 1. The van der Waals surface area contributed by atoms with E-state index in [2.05, 4.69) is 12.1 Å². The van der Waals surface area contributed by atoms with Crippen LogP contribution in [0.15, 0.2) is 30.3 Å². The lowest BCUT2D eigenvalue weighted by Gasteiger charge is -2.37. The number of rotatable bonds is 4. The van der Waals surface area contributed by atoms with Gasteiger partial charge in [0.2, 0.25) is 0 Å². The number of carbonyl (C=O) groups excluding carboxylic acids is 1. The first-order chi connectivity index (χ1) is 10.8. The predicted molar refractivity (Wildman–Crippen MR) is 83.4 cm³/mol. The summed E-state index contributed by atoms with van der Waals surface area (Å²) in [6.07, 6.45) is 2.17. The SMILES string of the molecule is NC[C@H]1CC[C@@H](C(=O)N2CCOCC2Cc2ccccc2)O1. The molecule has 1 aromatic carbocycles. The number of carbonyl (C=O) groups is 1. The summed E-state index contributed by atoms with van der Waals surface area (Å²) in [5.74, 6) is 0.0974. The highest BCUT2D eigenvalue weighted by Gasteiger charge is 2.36. The third kappa shape index (κ3) is 3.48. The fourth-order valence-corrected chi connectivity index (χ4v) is 3.25. The van der Waals surface area contributed by atoms with E-state index in [0.717, 1.165) is 19.3 Å². The molecule has 2 aliphatic heterocycles. The maximum atomic E-state index is 12.8. The molecule has 2 heterocycles. The number of nitrogens with two attached hydrogens (primary N) is 1. The van der Waals surface area contributed by atoms with Crippen molar-refractivity contribution in [3.63, 3.8) is 0 Å². The molecular formula is C17H24N2O3. The summed E-state index contributed by atoms with van der Waals surface area (Å²) in [7, 11) is 0. The molecule has 5 nitrogen and oxygen atoms in total. The van der Waals surface area contributed by atoms with Crippen molar-refractivity contribution in [1.82, 2.24) is 4.90 Å². The van der Waals surface area contributed by atoms with Gasteiger partial charge in [-0.2, -0.15) is 0 Å². The van der Waals surface area contributed by atoms with Gasteiger partial charge in [-0.15, -0.1) is 0 Å². The van der Waals surface area contributed by atoms with Crippen LogP contribution < -0.4 is 5.73 Å². The summed E-state index contributed by atoms with van der Waals surface area (Å²) in [6.45, 7) is 2.32. The third-order valence-electron chi connectivity index (χ3n) is 4.47. The van der Waals surface area contributed by atoms with Gasteiger partial charge in [0.1, 0.15) is 6.10 Å². The maximum Gasteiger partial charge on any atom is 0.252 e. The van der Waals surface area contributed by atoms with Crippen LogP contribution >= 0.6 is 0 Å². The van der Waals surface area contributed by atoms with Gasteiger partial charge < -0.3 is 20.1 Å². The van der Waals surface area contributed by atoms with Gasteiger partial charge in [-0.25, -0.2) is 0 Å². The molecule has 0 aromatic heterocycles. The molecule has 5 heteroatoms. The molecule has 0 spiro atoms. The van der Waals surface area contributed by atoms with Crippen LogP contribution in [0.1, 0.15) is 18.4 Å². The Morgan fingerprint density at radius 2 is 2.09 bits per heavy atom. The van der Waals surface area contributed by atoms with E-state index in [-0.39, 0.29) is 24.2 Å². The monoisotopic (exact) mass is 304 g/mol. The average Bonchev–Trinajstić information content (AvgIpc) is 3.05. The molecule has 2 saturated heterocycles. The van der Waals surface area contributed by atoms with Gasteiger partial charge in [0, 0.05) is 13.1 Å². The van der Waals surface area contributed by atoms with E-state index < -0.39 is 0 Å². The maximum absolute atomic E-state index is 12.8. The third-order valence-corrected chi connectivity index (χ3v) is 4.47. The number of ether oxygens (including phenoxy) is 2. The zero-order chi connectivity index (χ0) is 15.4. The van der Waals surface area contributed by atoms with Crippen LogP contribution in [-0.2, 0) is 20.7 Å². The molecule has 1 unspecified atom stereocenters. The number of nitrogens with zero attached hydrogens (tertiary/aromatic N) is 1. The average molecular weight is 304 g/mol. The zero-order valence-electron chi connectivity index (χ0n) is 12.8. The molecule has 1 aromatic rings. The molecule has 0 saturated carbocycles. The van der Waals surface area contributed by atoms with Crippen molar-refractivity contribution < 1.29 is 14.3 Å². The molecule has 3 rings (SSSR count). The number of hydrogen-bond donors (Lipinski definition) is 1. The Labute approximate surface area is 131 Å². The minimum atomic E-state index is -0.329. The molecule has 3 atom stereocenters. The van der Waals surface area contributed by atoms with Crippen LogP contribution in [0.5, 0.6) is 0 Å². The summed E-state index contributed by atoms with van der Waals surface area (Å²) in [6, 6.07) is 10.3. The molecule has 22 heavy (non-hydrogen) atoms. The van der Waals surface area contributed by atoms with E-state index >= 15 is 0 Å². The van der Waals surface area contributed by atoms with Crippen molar-refractivity contribution in [2.75, 3.05) is 26.3 Å². The summed E-state index contributed by atoms with van der Waals surface area (Å²) in [5.41, 5.74) is 6.86. The Morgan fingerprint density at radius 3 is 2.82 bits per heavy atom.